The number of carbonyl (C=O) groups is 1. The summed E-state index contributed by atoms with van der Waals surface area (Å²) in [5.41, 5.74) is 10.8. The highest BCUT2D eigenvalue weighted by Crippen LogP contribution is 2.35. The van der Waals surface area contributed by atoms with Crippen molar-refractivity contribution in [3.8, 4) is 11.5 Å². The lowest BCUT2D eigenvalue weighted by molar-refractivity contribution is 0.102. The Labute approximate surface area is 220 Å². The average molecular weight is 505 g/mol. The molecule has 0 saturated heterocycles. The van der Waals surface area contributed by atoms with Gasteiger partial charge in [0.05, 0.1) is 11.1 Å². The van der Waals surface area contributed by atoms with Gasteiger partial charge >= 0.3 is 0 Å². The SMILES string of the molecule is Cc1cccc(C(=O)Nc2ccc(Oc3ccc(N)cc3)c(Nc3ncnc4nc(C(C)C)ccc34)c2)c1. The number of amides is 1. The molecular weight excluding hydrogens is 476 g/mol. The Hall–Kier alpha value is -4.98. The van der Waals surface area contributed by atoms with Crippen molar-refractivity contribution < 1.29 is 9.53 Å². The first-order chi connectivity index (χ1) is 18.4. The predicted octanol–water partition coefficient (Wildman–Crippen LogP) is 6.83. The molecule has 2 heterocycles. The summed E-state index contributed by atoms with van der Waals surface area (Å²) in [7, 11) is 0. The fourth-order valence-corrected chi connectivity index (χ4v) is 3.95. The smallest absolute Gasteiger partial charge is 0.255 e. The summed E-state index contributed by atoms with van der Waals surface area (Å²) in [4.78, 5) is 26.4. The quantitative estimate of drug-likeness (QED) is 0.208. The molecule has 0 spiro atoms. The van der Waals surface area contributed by atoms with Gasteiger partial charge in [0.1, 0.15) is 17.9 Å². The average Bonchev–Trinajstić information content (AvgIpc) is 2.91. The van der Waals surface area contributed by atoms with Crippen LogP contribution in [0.4, 0.5) is 22.9 Å². The van der Waals surface area contributed by atoms with Crippen molar-refractivity contribution in [2.75, 3.05) is 16.4 Å². The lowest BCUT2D eigenvalue weighted by atomic mass is 10.1. The zero-order chi connectivity index (χ0) is 26.6. The summed E-state index contributed by atoms with van der Waals surface area (Å²) in [5.74, 6) is 1.81. The van der Waals surface area contributed by atoms with E-state index < -0.39 is 0 Å². The van der Waals surface area contributed by atoms with Gasteiger partial charge in [0.25, 0.3) is 5.91 Å². The molecule has 5 aromatic rings. The Kier molecular flexibility index (Phi) is 6.86. The number of anilines is 4. The minimum absolute atomic E-state index is 0.204. The first kappa shape index (κ1) is 24.7. The van der Waals surface area contributed by atoms with Crippen molar-refractivity contribution in [1.82, 2.24) is 15.0 Å². The monoisotopic (exact) mass is 504 g/mol. The van der Waals surface area contributed by atoms with Crippen LogP contribution in [0.25, 0.3) is 11.0 Å². The van der Waals surface area contributed by atoms with Crippen molar-refractivity contribution >= 4 is 39.8 Å². The fraction of sp³-hybridized carbons (Fsp3) is 0.133. The summed E-state index contributed by atoms with van der Waals surface area (Å²) in [6.07, 6.45) is 1.48. The number of benzene rings is 3. The number of pyridine rings is 1. The molecule has 8 nitrogen and oxygen atoms in total. The molecule has 0 aliphatic heterocycles. The third-order valence-electron chi connectivity index (χ3n) is 5.99. The Morgan fingerprint density at radius 1 is 0.947 bits per heavy atom. The van der Waals surface area contributed by atoms with Gasteiger partial charge in [0.15, 0.2) is 11.4 Å². The van der Waals surface area contributed by atoms with E-state index in [1.54, 1.807) is 42.5 Å². The van der Waals surface area contributed by atoms with Crippen LogP contribution in [-0.2, 0) is 0 Å². The van der Waals surface area contributed by atoms with Crippen LogP contribution in [0.15, 0.2) is 85.2 Å². The maximum absolute atomic E-state index is 12.9. The van der Waals surface area contributed by atoms with Crippen LogP contribution >= 0.6 is 0 Å². The second kappa shape index (κ2) is 10.6. The maximum Gasteiger partial charge on any atom is 0.255 e. The van der Waals surface area contributed by atoms with E-state index in [4.69, 9.17) is 10.5 Å². The number of aromatic nitrogens is 3. The van der Waals surface area contributed by atoms with Crippen molar-refractivity contribution in [2.24, 2.45) is 0 Å². The molecule has 0 saturated carbocycles. The number of aryl methyl sites for hydroxylation is 1. The van der Waals surface area contributed by atoms with Gasteiger partial charge in [-0.3, -0.25) is 4.79 Å². The second-order valence-corrected chi connectivity index (χ2v) is 9.31. The molecule has 0 aliphatic carbocycles. The number of nitrogens with two attached hydrogens (primary N) is 1. The Morgan fingerprint density at radius 3 is 2.53 bits per heavy atom. The summed E-state index contributed by atoms with van der Waals surface area (Å²) in [5, 5.41) is 7.11. The fourth-order valence-electron chi connectivity index (χ4n) is 3.95. The van der Waals surface area contributed by atoms with Crippen LogP contribution < -0.4 is 21.1 Å². The standard InChI is InChI=1S/C30H28N6O2/c1-18(2)25-13-12-24-28(35-25)32-17-33-29(24)36-26-16-22(34-30(37)20-6-4-5-19(3)15-20)9-14-27(26)38-23-10-7-21(31)8-11-23/h4-18H,31H2,1-3H3,(H,34,37)(H,32,33,35,36). The second-order valence-electron chi connectivity index (χ2n) is 9.31. The first-order valence-corrected chi connectivity index (χ1v) is 12.3. The number of fused-ring (bicyclic) bond motifs is 1. The van der Waals surface area contributed by atoms with Gasteiger partial charge in [0.2, 0.25) is 0 Å². The molecule has 38 heavy (non-hydrogen) atoms. The Bertz CT molecular complexity index is 1620. The molecule has 3 aromatic carbocycles. The van der Waals surface area contributed by atoms with Crippen LogP contribution in [0.3, 0.4) is 0 Å². The van der Waals surface area contributed by atoms with Gasteiger partial charge in [-0.25, -0.2) is 15.0 Å². The molecule has 5 rings (SSSR count). The molecule has 2 aromatic heterocycles. The van der Waals surface area contributed by atoms with E-state index >= 15 is 0 Å². The molecule has 190 valence electrons. The molecule has 0 fully saturated rings. The predicted molar refractivity (Wildman–Crippen MR) is 151 cm³/mol. The molecule has 0 atom stereocenters. The Morgan fingerprint density at radius 2 is 1.76 bits per heavy atom. The summed E-state index contributed by atoms with van der Waals surface area (Å²) >= 11 is 0. The highest BCUT2D eigenvalue weighted by atomic mass is 16.5. The van der Waals surface area contributed by atoms with E-state index in [1.165, 1.54) is 6.33 Å². The van der Waals surface area contributed by atoms with Crippen LogP contribution in [0.1, 0.15) is 41.4 Å². The van der Waals surface area contributed by atoms with Crippen molar-refractivity contribution in [3.05, 3.63) is 102 Å². The number of rotatable bonds is 7. The number of nitrogen functional groups attached to an aromatic ring is 1. The number of hydrogen-bond donors (Lipinski definition) is 3. The number of nitrogens with one attached hydrogen (secondary N) is 2. The molecule has 0 radical (unpaired) electrons. The molecule has 1 amide bonds. The largest absolute Gasteiger partial charge is 0.455 e. The summed E-state index contributed by atoms with van der Waals surface area (Å²) in [6, 6.07) is 23.9. The van der Waals surface area contributed by atoms with Gasteiger partial charge in [0, 0.05) is 22.6 Å². The van der Waals surface area contributed by atoms with E-state index in [9.17, 15) is 4.79 Å². The summed E-state index contributed by atoms with van der Waals surface area (Å²) < 4.78 is 6.17. The molecule has 0 aliphatic rings. The number of carbonyl (C=O) groups excluding carboxylic acids is 1. The first-order valence-electron chi connectivity index (χ1n) is 12.3. The minimum atomic E-state index is -0.204. The van der Waals surface area contributed by atoms with E-state index in [1.807, 2.05) is 43.3 Å². The third kappa shape index (κ3) is 5.54. The molecular formula is C30H28N6O2. The van der Waals surface area contributed by atoms with E-state index in [-0.39, 0.29) is 11.8 Å². The van der Waals surface area contributed by atoms with Crippen LogP contribution in [0.5, 0.6) is 11.5 Å². The topological polar surface area (TPSA) is 115 Å². The maximum atomic E-state index is 12.9. The third-order valence-corrected chi connectivity index (χ3v) is 5.99. The van der Waals surface area contributed by atoms with E-state index in [0.717, 1.165) is 16.6 Å². The lowest BCUT2D eigenvalue weighted by Crippen LogP contribution is -2.12. The van der Waals surface area contributed by atoms with Gasteiger partial charge < -0.3 is 21.1 Å². The Balaban J connectivity index is 1.51. The lowest BCUT2D eigenvalue weighted by Gasteiger charge is -2.16. The van der Waals surface area contributed by atoms with Gasteiger partial charge in [-0.1, -0.05) is 31.5 Å². The van der Waals surface area contributed by atoms with Gasteiger partial charge in [-0.05, 0) is 79.6 Å². The number of hydrogen-bond acceptors (Lipinski definition) is 7. The minimum Gasteiger partial charge on any atom is -0.455 e. The molecule has 0 unspecified atom stereocenters. The van der Waals surface area contributed by atoms with Crippen LogP contribution in [0, 0.1) is 6.92 Å². The zero-order valence-corrected chi connectivity index (χ0v) is 21.4. The number of nitrogens with zero attached hydrogens (tertiary/aromatic N) is 3. The van der Waals surface area contributed by atoms with Crippen molar-refractivity contribution in [1.29, 1.82) is 0 Å². The van der Waals surface area contributed by atoms with Crippen molar-refractivity contribution in [3.63, 3.8) is 0 Å². The number of ether oxygens (including phenoxy) is 1. The van der Waals surface area contributed by atoms with Crippen LogP contribution in [-0.4, -0.2) is 20.9 Å². The van der Waals surface area contributed by atoms with Crippen molar-refractivity contribution in [2.45, 2.75) is 26.7 Å². The van der Waals surface area contributed by atoms with Gasteiger partial charge in [-0.15, -0.1) is 0 Å². The molecule has 8 heteroatoms. The molecule has 4 N–H and O–H groups in total. The zero-order valence-electron chi connectivity index (χ0n) is 21.4. The highest BCUT2D eigenvalue weighted by molar-refractivity contribution is 6.04. The van der Waals surface area contributed by atoms with Gasteiger partial charge in [-0.2, -0.15) is 0 Å². The normalized spacial score (nSPS) is 10.9. The van der Waals surface area contributed by atoms with Crippen LogP contribution in [0.2, 0.25) is 0 Å². The highest BCUT2D eigenvalue weighted by Gasteiger charge is 2.14. The molecule has 0 bridgehead atoms. The van der Waals surface area contributed by atoms with E-state index in [0.29, 0.717) is 45.6 Å². The summed E-state index contributed by atoms with van der Waals surface area (Å²) in [6.45, 7) is 6.13. The van der Waals surface area contributed by atoms with E-state index in [2.05, 4.69) is 39.4 Å².